The summed E-state index contributed by atoms with van der Waals surface area (Å²) in [4.78, 5) is 4.27. The fraction of sp³-hybridized carbons (Fsp3) is 0.0769. The van der Waals surface area contributed by atoms with E-state index in [1.165, 1.54) is 0 Å². The van der Waals surface area contributed by atoms with Crippen molar-refractivity contribution in [1.82, 2.24) is 14.6 Å². The van der Waals surface area contributed by atoms with Crippen LogP contribution in [0.25, 0.3) is 16.9 Å². The van der Waals surface area contributed by atoms with Crippen LogP contribution >= 0.6 is 27.5 Å². The average Bonchev–Trinajstić information content (AvgIpc) is 2.77. The molecule has 4 nitrogen and oxygen atoms in total. The molecule has 0 spiro atoms. The molecule has 0 saturated heterocycles. The van der Waals surface area contributed by atoms with Crippen LogP contribution in [0.3, 0.4) is 0 Å². The average molecular weight is 339 g/mol. The Morgan fingerprint density at radius 3 is 2.89 bits per heavy atom. The summed E-state index contributed by atoms with van der Waals surface area (Å²) in [7, 11) is 1.62. The van der Waals surface area contributed by atoms with E-state index < -0.39 is 0 Å². The Balaban J connectivity index is 2.20. The third kappa shape index (κ3) is 2.31. The van der Waals surface area contributed by atoms with Crippen LogP contribution in [-0.2, 0) is 0 Å². The summed E-state index contributed by atoms with van der Waals surface area (Å²) in [6.07, 6.45) is 1.80. The van der Waals surface area contributed by atoms with E-state index in [1.54, 1.807) is 23.9 Å². The van der Waals surface area contributed by atoms with Gasteiger partial charge in [0.25, 0.3) is 0 Å². The molecular formula is C13H9BrClN3O. The Hall–Kier alpha value is -1.59. The molecule has 96 valence electrons. The number of benzene rings is 1. The topological polar surface area (TPSA) is 39.4 Å². The van der Waals surface area contributed by atoms with Gasteiger partial charge in [0.15, 0.2) is 5.65 Å². The monoisotopic (exact) mass is 337 g/mol. The van der Waals surface area contributed by atoms with Crippen molar-refractivity contribution in [2.75, 3.05) is 7.11 Å². The number of halogens is 2. The first-order valence-corrected chi connectivity index (χ1v) is 6.70. The van der Waals surface area contributed by atoms with Crippen molar-refractivity contribution in [1.29, 1.82) is 0 Å². The lowest BCUT2D eigenvalue weighted by molar-refractivity contribution is 0.416. The fourth-order valence-corrected chi connectivity index (χ4v) is 2.42. The highest BCUT2D eigenvalue weighted by Crippen LogP contribution is 2.31. The van der Waals surface area contributed by atoms with Crippen LogP contribution in [0.1, 0.15) is 0 Å². The highest BCUT2D eigenvalue weighted by molar-refractivity contribution is 9.10. The van der Waals surface area contributed by atoms with Gasteiger partial charge in [-0.15, -0.1) is 0 Å². The maximum Gasteiger partial charge on any atom is 0.154 e. The number of hydrogen-bond donors (Lipinski definition) is 0. The largest absolute Gasteiger partial charge is 0.496 e. The first-order valence-electron chi connectivity index (χ1n) is 5.53. The summed E-state index contributed by atoms with van der Waals surface area (Å²) in [6, 6.07) is 9.24. The van der Waals surface area contributed by atoms with Crippen molar-refractivity contribution >= 4 is 33.2 Å². The van der Waals surface area contributed by atoms with Crippen molar-refractivity contribution in [3.63, 3.8) is 0 Å². The smallest absolute Gasteiger partial charge is 0.154 e. The number of ether oxygens (including phenoxy) is 1. The van der Waals surface area contributed by atoms with Gasteiger partial charge in [0.2, 0.25) is 0 Å². The van der Waals surface area contributed by atoms with Crippen molar-refractivity contribution < 1.29 is 4.74 Å². The van der Waals surface area contributed by atoms with Gasteiger partial charge in [-0.3, -0.25) is 0 Å². The van der Waals surface area contributed by atoms with Crippen LogP contribution < -0.4 is 4.74 Å². The molecule has 0 amide bonds. The normalized spacial score (nSPS) is 10.9. The third-order valence-electron chi connectivity index (χ3n) is 2.73. The SMILES string of the molecule is COc1ccc(Cl)cc1-c1ccc2nc(Br)cn2n1. The van der Waals surface area contributed by atoms with Gasteiger partial charge in [-0.25, -0.2) is 9.50 Å². The molecule has 3 aromatic rings. The molecule has 0 atom stereocenters. The Bertz CT molecular complexity index is 757. The number of nitrogens with zero attached hydrogens (tertiary/aromatic N) is 3. The molecule has 19 heavy (non-hydrogen) atoms. The van der Waals surface area contributed by atoms with Crippen LogP contribution in [-0.4, -0.2) is 21.7 Å². The molecule has 3 rings (SSSR count). The number of aromatic nitrogens is 3. The van der Waals surface area contributed by atoms with Crippen molar-refractivity contribution in [3.05, 3.63) is 46.2 Å². The molecule has 0 unspecified atom stereocenters. The fourth-order valence-electron chi connectivity index (χ4n) is 1.88. The Morgan fingerprint density at radius 2 is 2.11 bits per heavy atom. The lowest BCUT2D eigenvalue weighted by Gasteiger charge is -2.08. The van der Waals surface area contributed by atoms with E-state index in [4.69, 9.17) is 16.3 Å². The highest BCUT2D eigenvalue weighted by Gasteiger charge is 2.10. The van der Waals surface area contributed by atoms with Crippen LogP contribution in [0.15, 0.2) is 41.1 Å². The molecule has 2 heterocycles. The summed E-state index contributed by atoms with van der Waals surface area (Å²) >= 11 is 9.36. The zero-order valence-corrected chi connectivity index (χ0v) is 12.3. The van der Waals surface area contributed by atoms with E-state index >= 15 is 0 Å². The number of imidazole rings is 1. The minimum absolute atomic E-state index is 0.643. The maximum atomic E-state index is 6.04. The number of rotatable bonds is 2. The predicted molar refractivity (Wildman–Crippen MR) is 77.7 cm³/mol. The van der Waals surface area contributed by atoms with E-state index in [-0.39, 0.29) is 0 Å². The van der Waals surface area contributed by atoms with Gasteiger partial charge >= 0.3 is 0 Å². The Labute approximate surface area is 123 Å². The molecular weight excluding hydrogens is 330 g/mol. The van der Waals surface area contributed by atoms with Gasteiger partial charge in [-0.1, -0.05) is 11.6 Å². The molecule has 0 radical (unpaired) electrons. The Morgan fingerprint density at radius 1 is 1.26 bits per heavy atom. The van der Waals surface area contributed by atoms with E-state index in [9.17, 15) is 0 Å². The second-order valence-corrected chi connectivity index (χ2v) is 5.18. The lowest BCUT2D eigenvalue weighted by Crippen LogP contribution is -1.95. The molecule has 0 aliphatic heterocycles. The summed E-state index contributed by atoms with van der Waals surface area (Å²) in [5.41, 5.74) is 2.40. The standard InChI is InChI=1S/C13H9BrClN3O/c1-19-11-4-2-8(15)6-9(11)10-3-5-13-16-12(14)7-18(13)17-10/h2-7H,1H3. The summed E-state index contributed by atoms with van der Waals surface area (Å²) in [5.74, 6) is 0.732. The predicted octanol–water partition coefficient (Wildman–Crippen LogP) is 3.82. The first-order chi connectivity index (χ1) is 9.17. The van der Waals surface area contributed by atoms with Crippen LogP contribution in [0.5, 0.6) is 5.75 Å². The van der Waals surface area contributed by atoms with Gasteiger partial charge in [-0.2, -0.15) is 5.10 Å². The van der Waals surface area contributed by atoms with E-state index in [0.29, 0.717) is 5.02 Å². The maximum absolute atomic E-state index is 6.04. The molecule has 2 aromatic heterocycles. The van der Waals surface area contributed by atoms with Crippen molar-refractivity contribution in [3.8, 4) is 17.0 Å². The zero-order valence-electron chi connectivity index (χ0n) is 9.97. The second-order valence-electron chi connectivity index (χ2n) is 3.93. The van der Waals surface area contributed by atoms with Gasteiger partial charge in [0.1, 0.15) is 10.4 Å². The summed E-state index contributed by atoms with van der Waals surface area (Å²) in [5, 5.41) is 5.14. The molecule has 0 N–H and O–H groups in total. The highest BCUT2D eigenvalue weighted by atomic mass is 79.9. The van der Waals surface area contributed by atoms with E-state index in [0.717, 1.165) is 27.3 Å². The van der Waals surface area contributed by atoms with Crippen LogP contribution in [0.2, 0.25) is 5.02 Å². The van der Waals surface area contributed by atoms with Crippen LogP contribution in [0, 0.1) is 0 Å². The molecule has 0 fully saturated rings. The van der Waals surface area contributed by atoms with E-state index in [1.807, 2.05) is 24.3 Å². The third-order valence-corrected chi connectivity index (χ3v) is 3.35. The Kier molecular flexibility index (Phi) is 3.16. The quantitative estimate of drug-likeness (QED) is 0.713. The lowest BCUT2D eigenvalue weighted by atomic mass is 10.1. The number of hydrogen-bond acceptors (Lipinski definition) is 3. The molecule has 6 heteroatoms. The van der Waals surface area contributed by atoms with Gasteiger partial charge in [0.05, 0.1) is 19.0 Å². The molecule has 0 aliphatic carbocycles. The second kappa shape index (κ2) is 4.83. The minimum Gasteiger partial charge on any atom is -0.496 e. The number of fused-ring (bicyclic) bond motifs is 1. The molecule has 1 aromatic carbocycles. The van der Waals surface area contributed by atoms with Gasteiger partial charge in [0, 0.05) is 10.6 Å². The minimum atomic E-state index is 0.643. The zero-order chi connectivity index (χ0) is 13.4. The van der Waals surface area contributed by atoms with Gasteiger partial charge < -0.3 is 4.74 Å². The molecule has 0 saturated carbocycles. The summed E-state index contributed by atoms with van der Waals surface area (Å²) < 4.78 is 7.79. The van der Waals surface area contributed by atoms with E-state index in [2.05, 4.69) is 26.0 Å². The summed E-state index contributed by atoms with van der Waals surface area (Å²) in [6.45, 7) is 0. The van der Waals surface area contributed by atoms with Gasteiger partial charge in [-0.05, 0) is 46.3 Å². The molecule has 0 bridgehead atoms. The first kappa shape index (κ1) is 12.4. The molecule has 0 aliphatic rings. The van der Waals surface area contributed by atoms with Crippen molar-refractivity contribution in [2.24, 2.45) is 0 Å². The number of methoxy groups -OCH3 is 1. The van der Waals surface area contributed by atoms with Crippen LogP contribution in [0.4, 0.5) is 0 Å². The van der Waals surface area contributed by atoms with Crippen molar-refractivity contribution in [2.45, 2.75) is 0 Å².